The molecule has 1 aliphatic rings. The molecule has 0 fully saturated rings. The molecule has 0 N–H and O–H groups in total. The molecule has 0 aliphatic carbocycles. The van der Waals surface area contributed by atoms with Gasteiger partial charge in [0.15, 0.2) is 5.78 Å². The molecular weight excluding hydrogens is 334 g/mol. The number of ketones is 1. The summed E-state index contributed by atoms with van der Waals surface area (Å²) in [6, 6.07) is 7.86. The molecule has 1 aliphatic heterocycles. The molecule has 6 heteroatoms. The second-order valence-electron chi connectivity index (χ2n) is 6.18. The van der Waals surface area contributed by atoms with Gasteiger partial charge in [-0.2, -0.15) is 0 Å². The normalized spacial score (nSPS) is 12.7. The number of carbonyl (C=O) groups is 1. The number of hydrogen-bond donors (Lipinski definition) is 0. The maximum Gasteiger partial charge on any atom is 0.262 e. The van der Waals surface area contributed by atoms with E-state index in [9.17, 15) is 9.59 Å². The van der Waals surface area contributed by atoms with E-state index >= 15 is 0 Å². The molecule has 126 valence electrons. The van der Waals surface area contributed by atoms with Crippen LogP contribution in [0.2, 0.25) is 0 Å². The van der Waals surface area contributed by atoms with Crippen LogP contribution in [0.15, 0.2) is 40.4 Å². The van der Waals surface area contributed by atoms with Crippen LogP contribution in [-0.2, 0) is 30.7 Å². The van der Waals surface area contributed by atoms with Crippen LogP contribution in [0.3, 0.4) is 0 Å². The summed E-state index contributed by atoms with van der Waals surface area (Å²) in [6.45, 7) is 2.81. The lowest BCUT2D eigenvalue weighted by atomic mass is 10.0. The molecule has 4 rings (SSSR count). The lowest BCUT2D eigenvalue weighted by Gasteiger charge is -2.06. The Bertz CT molecular complexity index is 1060. The minimum absolute atomic E-state index is 0.0101. The molecule has 0 saturated carbocycles. The van der Waals surface area contributed by atoms with Crippen molar-refractivity contribution in [1.29, 1.82) is 0 Å². The van der Waals surface area contributed by atoms with Crippen LogP contribution in [0.1, 0.15) is 28.5 Å². The van der Waals surface area contributed by atoms with Crippen molar-refractivity contribution >= 4 is 33.6 Å². The molecule has 1 aromatic carbocycles. The third-order valence-corrected chi connectivity index (χ3v) is 5.56. The van der Waals surface area contributed by atoms with Gasteiger partial charge in [-0.3, -0.25) is 19.1 Å². The van der Waals surface area contributed by atoms with E-state index in [0.29, 0.717) is 18.4 Å². The van der Waals surface area contributed by atoms with E-state index in [1.807, 2.05) is 37.4 Å². The van der Waals surface area contributed by atoms with Crippen molar-refractivity contribution in [2.24, 2.45) is 4.99 Å². The highest BCUT2D eigenvalue weighted by atomic mass is 32.1. The second-order valence-corrected chi connectivity index (χ2v) is 7.30. The van der Waals surface area contributed by atoms with Crippen molar-refractivity contribution in [1.82, 2.24) is 9.55 Å². The number of fused-ring (bicyclic) bond motifs is 2. The van der Waals surface area contributed by atoms with Crippen molar-refractivity contribution in [3.05, 3.63) is 62.5 Å². The largest absolute Gasteiger partial charge is 0.297 e. The summed E-state index contributed by atoms with van der Waals surface area (Å²) in [6.07, 6.45) is 4.50. The average molecular weight is 351 g/mol. The van der Waals surface area contributed by atoms with Crippen LogP contribution in [-0.4, -0.2) is 21.5 Å². The molecule has 0 radical (unpaired) electrons. The smallest absolute Gasteiger partial charge is 0.262 e. The maximum atomic E-state index is 12.6. The fraction of sp³-hybridized carbons (Fsp3) is 0.263. The molecule has 0 saturated heterocycles. The Morgan fingerprint density at radius 2 is 2.20 bits per heavy atom. The number of benzene rings is 1. The molecule has 0 bridgehead atoms. The van der Waals surface area contributed by atoms with Gasteiger partial charge in [0.2, 0.25) is 0 Å². The van der Waals surface area contributed by atoms with Crippen molar-refractivity contribution in [3.63, 3.8) is 0 Å². The average Bonchev–Trinajstić information content (AvgIpc) is 3.23. The maximum absolute atomic E-state index is 12.6. The van der Waals surface area contributed by atoms with Gasteiger partial charge in [0.05, 0.1) is 24.8 Å². The van der Waals surface area contributed by atoms with E-state index in [2.05, 4.69) is 9.98 Å². The number of Topliss-reactive ketones (excluding diaryl/α,β-unsaturated/α-hetero) is 1. The first-order valence-corrected chi connectivity index (χ1v) is 9.07. The first-order chi connectivity index (χ1) is 12.1. The highest BCUT2D eigenvalue weighted by Gasteiger charge is 2.13. The summed E-state index contributed by atoms with van der Waals surface area (Å²) >= 11 is 1.53. The fourth-order valence-electron chi connectivity index (χ4n) is 3.03. The summed E-state index contributed by atoms with van der Waals surface area (Å²) in [7, 11) is 0. The Balaban J connectivity index is 1.54. The van der Waals surface area contributed by atoms with Crippen LogP contribution < -0.4 is 5.56 Å². The third-order valence-electron chi connectivity index (χ3n) is 4.37. The van der Waals surface area contributed by atoms with Crippen LogP contribution in [0.4, 0.5) is 0 Å². The molecule has 5 nitrogen and oxygen atoms in total. The van der Waals surface area contributed by atoms with Gasteiger partial charge >= 0.3 is 0 Å². The van der Waals surface area contributed by atoms with Crippen molar-refractivity contribution in [2.45, 2.75) is 32.9 Å². The van der Waals surface area contributed by atoms with Crippen LogP contribution in [0, 0.1) is 0 Å². The lowest BCUT2D eigenvalue weighted by molar-refractivity contribution is -0.119. The SMILES string of the molecule is CCc1cc2c(=O)n(CC(=O)Cc3ccc4c(c3)C=NC4)cnc2s1. The van der Waals surface area contributed by atoms with Gasteiger partial charge in [-0.05, 0) is 35.2 Å². The molecule has 25 heavy (non-hydrogen) atoms. The fourth-order valence-corrected chi connectivity index (χ4v) is 3.96. The third kappa shape index (κ3) is 3.05. The van der Waals surface area contributed by atoms with Gasteiger partial charge in [-0.25, -0.2) is 4.98 Å². The first kappa shape index (κ1) is 15.9. The van der Waals surface area contributed by atoms with Crippen LogP contribution in [0.25, 0.3) is 10.2 Å². The topological polar surface area (TPSA) is 64.3 Å². The molecule has 0 spiro atoms. The van der Waals surface area contributed by atoms with E-state index in [-0.39, 0.29) is 17.9 Å². The summed E-state index contributed by atoms with van der Waals surface area (Å²) in [5, 5.41) is 0.603. The van der Waals surface area contributed by atoms with Gasteiger partial charge in [0, 0.05) is 17.5 Å². The van der Waals surface area contributed by atoms with Gasteiger partial charge in [0.25, 0.3) is 5.56 Å². The first-order valence-electron chi connectivity index (χ1n) is 8.25. The Morgan fingerprint density at radius 3 is 3.04 bits per heavy atom. The number of thiophene rings is 1. The van der Waals surface area contributed by atoms with Crippen molar-refractivity contribution < 1.29 is 4.79 Å². The molecule has 3 aromatic rings. The molecule has 0 amide bonds. The monoisotopic (exact) mass is 351 g/mol. The van der Waals surface area contributed by atoms with E-state index < -0.39 is 0 Å². The molecule has 0 atom stereocenters. The Labute approximate surface area is 148 Å². The van der Waals surface area contributed by atoms with E-state index in [1.165, 1.54) is 27.8 Å². The van der Waals surface area contributed by atoms with E-state index in [1.54, 1.807) is 0 Å². The Morgan fingerprint density at radius 1 is 1.32 bits per heavy atom. The molecular formula is C19H17N3O2S. The summed E-state index contributed by atoms with van der Waals surface area (Å²) < 4.78 is 1.41. The molecule has 3 heterocycles. The van der Waals surface area contributed by atoms with Gasteiger partial charge in [-0.15, -0.1) is 11.3 Å². The number of aliphatic imine (C=N–C) groups is 1. The number of nitrogens with zero attached hydrogens (tertiary/aromatic N) is 3. The standard InChI is InChI=1S/C19H17N3O2S/c1-2-16-7-17-18(25-16)21-11-22(19(17)24)10-15(23)6-12-3-4-13-8-20-9-14(13)5-12/h3-5,7,9,11H,2,6,8,10H2,1H3. The zero-order valence-electron chi connectivity index (χ0n) is 13.9. The Kier molecular flexibility index (Phi) is 4.05. The highest BCUT2D eigenvalue weighted by molar-refractivity contribution is 7.18. The summed E-state index contributed by atoms with van der Waals surface area (Å²) in [5.41, 5.74) is 3.07. The zero-order chi connectivity index (χ0) is 17.4. The lowest BCUT2D eigenvalue weighted by Crippen LogP contribution is -2.25. The van der Waals surface area contributed by atoms with E-state index in [0.717, 1.165) is 27.3 Å². The van der Waals surface area contributed by atoms with Crippen LogP contribution in [0.5, 0.6) is 0 Å². The number of aryl methyl sites for hydroxylation is 1. The zero-order valence-corrected chi connectivity index (χ0v) is 14.7. The van der Waals surface area contributed by atoms with Gasteiger partial charge < -0.3 is 0 Å². The number of aromatic nitrogens is 2. The predicted octanol–water partition coefficient (Wildman–Crippen LogP) is 2.76. The highest BCUT2D eigenvalue weighted by Crippen LogP contribution is 2.21. The second kappa shape index (κ2) is 6.37. The van der Waals surface area contributed by atoms with Gasteiger partial charge in [0.1, 0.15) is 4.83 Å². The molecule has 2 aromatic heterocycles. The number of rotatable bonds is 5. The summed E-state index contributed by atoms with van der Waals surface area (Å²) in [5.74, 6) is -0.0101. The van der Waals surface area contributed by atoms with Crippen molar-refractivity contribution in [2.75, 3.05) is 0 Å². The quantitative estimate of drug-likeness (QED) is 0.710. The number of carbonyl (C=O) groups excluding carboxylic acids is 1. The van der Waals surface area contributed by atoms with E-state index in [4.69, 9.17) is 0 Å². The predicted molar refractivity (Wildman–Crippen MR) is 99.7 cm³/mol. The summed E-state index contributed by atoms with van der Waals surface area (Å²) in [4.78, 5) is 35.4. The Hall–Kier alpha value is -2.60. The minimum atomic E-state index is -0.143. The van der Waals surface area contributed by atoms with Gasteiger partial charge in [-0.1, -0.05) is 19.1 Å². The molecule has 0 unspecified atom stereocenters. The number of hydrogen-bond acceptors (Lipinski definition) is 5. The van der Waals surface area contributed by atoms with Crippen molar-refractivity contribution in [3.8, 4) is 0 Å². The minimum Gasteiger partial charge on any atom is -0.297 e. The van der Waals surface area contributed by atoms with Crippen LogP contribution >= 0.6 is 11.3 Å².